The Morgan fingerprint density at radius 1 is 0.879 bits per heavy atom. The van der Waals surface area contributed by atoms with Crippen molar-refractivity contribution in [3.63, 3.8) is 0 Å². The van der Waals surface area contributed by atoms with Crippen LogP contribution >= 0.6 is 0 Å². The normalized spacial score (nSPS) is 19.2. The minimum absolute atomic E-state index is 0.583. The number of fused-ring (bicyclic) bond motifs is 1. The molecule has 5 aliphatic rings. The van der Waals surface area contributed by atoms with Gasteiger partial charge in [0.05, 0.1) is 12.7 Å². The summed E-state index contributed by atoms with van der Waals surface area (Å²) in [5.41, 5.74) is 10.4. The van der Waals surface area contributed by atoms with Crippen LogP contribution in [0.15, 0.2) is 29.4 Å². The van der Waals surface area contributed by atoms with Crippen LogP contribution in [0.3, 0.4) is 0 Å². The summed E-state index contributed by atoms with van der Waals surface area (Å²) >= 11 is 0. The van der Waals surface area contributed by atoms with E-state index in [0.29, 0.717) is 6.10 Å². The van der Waals surface area contributed by atoms with Gasteiger partial charge in [-0.25, -0.2) is 0 Å². The Labute approximate surface area is 204 Å². The highest BCUT2D eigenvalue weighted by Gasteiger charge is 2.13. The maximum Gasteiger partial charge on any atom is 0.0781 e. The van der Waals surface area contributed by atoms with Gasteiger partial charge < -0.3 is 19.3 Å². The fraction of sp³-hybridized carbons (Fsp3) is 0.769. The standard InChI is InChI=1S/C8H8.C4H9N.C3H7N.2C3H6O.2C2H6.CH3N3/c1-2-4-8-6-5-7(8)3-1;1-5-3-2-4-5;1-4-2-3-4;1-3-2-4-3;1-2-4-3-1;2*1-2;1-3-4-2/h1-4H,5-6H2;2-4H2,1H3;2-3H2,1H3;3H,2H2,1H3;1-3H2;2*1-2H3;1H3. The van der Waals surface area contributed by atoms with Crippen LogP contribution in [0.1, 0.15) is 58.6 Å². The average Bonchev–Trinajstić information content (AvgIpc) is 3.71. The molecule has 0 spiro atoms. The first-order chi connectivity index (χ1) is 16.1. The molecule has 33 heavy (non-hydrogen) atoms. The Morgan fingerprint density at radius 3 is 1.21 bits per heavy atom. The third-order valence-corrected chi connectivity index (χ3v) is 4.70. The van der Waals surface area contributed by atoms with Crippen molar-refractivity contribution in [1.82, 2.24) is 9.80 Å². The molecule has 0 bridgehead atoms. The van der Waals surface area contributed by atoms with E-state index >= 15 is 0 Å². The zero-order chi connectivity index (χ0) is 25.3. The minimum atomic E-state index is 0.583. The van der Waals surface area contributed by atoms with Gasteiger partial charge in [-0.2, -0.15) is 0 Å². The Kier molecular flexibility index (Phi) is 25.4. The summed E-state index contributed by atoms with van der Waals surface area (Å²) in [6.45, 7) is 18.3. The number of hydrogen-bond donors (Lipinski definition) is 0. The smallest absolute Gasteiger partial charge is 0.0781 e. The van der Waals surface area contributed by atoms with Crippen LogP contribution in [0.25, 0.3) is 10.4 Å². The SMILES string of the molecule is C1COC1.CC.CC.CC1CO1.CN1CC1.CN1CCC1.CN=[N+]=[N-].c1ccc2c(c1)CC2. The van der Waals surface area contributed by atoms with Crippen molar-refractivity contribution in [2.24, 2.45) is 5.11 Å². The number of epoxide rings is 1. The Balaban J connectivity index is 0. The van der Waals surface area contributed by atoms with Crippen molar-refractivity contribution in [1.29, 1.82) is 0 Å². The van der Waals surface area contributed by atoms with Gasteiger partial charge >= 0.3 is 0 Å². The number of aryl methyl sites for hydroxylation is 2. The van der Waals surface area contributed by atoms with E-state index in [9.17, 15) is 0 Å². The van der Waals surface area contributed by atoms with Gasteiger partial charge in [0.1, 0.15) is 0 Å². The van der Waals surface area contributed by atoms with E-state index in [1.807, 2.05) is 27.7 Å². The van der Waals surface area contributed by atoms with Crippen LogP contribution in [0.4, 0.5) is 0 Å². The zero-order valence-corrected chi connectivity index (χ0v) is 22.7. The molecule has 4 heterocycles. The number of azide groups is 1. The maximum absolute atomic E-state index is 7.33. The summed E-state index contributed by atoms with van der Waals surface area (Å²) in [5, 5.41) is 2.92. The quantitative estimate of drug-likeness (QED) is 0.209. The van der Waals surface area contributed by atoms with Crippen molar-refractivity contribution in [3.8, 4) is 0 Å². The second-order valence-corrected chi connectivity index (χ2v) is 7.63. The van der Waals surface area contributed by atoms with E-state index in [-0.39, 0.29) is 0 Å². The number of hydrogen-bond acceptors (Lipinski definition) is 5. The highest BCUT2D eigenvalue weighted by Crippen LogP contribution is 2.20. The third kappa shape index (κ3) is 24.8. The molecule has 1 unspecified atom stereocenters. The number of likely N-dealkylation sites (N-methyl/N-ethyl adjacent to an activating group) is 1. The summed E-state index contributed by atoms with van der Waals surface area (Å²) in [4.78, 5) is 6.92. The van der Waals surface area contributed by atoms with Crippen molar-refractivity contribution in [3.05, 3.63) is 45.8 Å². The van der Waals surface area contributed by atoms with Crippen molar-refractivity contribution in [2.75, 3.05) is 67.1 Å². The predicted molar refractivity (Wildman–Crippen MR) is 142 cm³/mol. The summed E-state index contributed by atoms with van der Waals surface area (Å²) < 4.78 is 9.43. The fourth-order valence-corrected chi connectivity index (χ4v) is 1.95. The van der Waals surface area contributed by atoms with E-state index in [4.69, 9.17) is 15.0 Å². The molecular formula is C26H51N5O2. The minimum Gasteiger partial charge on any atom is -0.381 e. The predicted octanol–water partition coefficient (Wildman–Crippen LogP) is 5.83. The molecule has 1 aromatic rings. The summed E-state index contributed by atoms with van der Waals surface area (Å²) in [6, 6.07) is 8.63. The van der Waals surface area contributed by atoms with Gasteiger partial charge in [-0.1, -0.05) is 57.1 Å². The van der Waals surface area contributed by atoms with E-state index in [1.54, 1.807) is 11.1 Å². The van der Waals surface area contributed by atoms with Gasteiger partial charge in [0, 0.05) is 38.3 Å². The van der Waals surface area contributed by atoms with Crippen LogP contribution in [-0.2, 0) is 22.3 Å². The van der Waals surface area contributed by atoms with Crippen LogP contribution in [0, 0.1) is 0 Å². The molecule has 1 atom stereocenters. The van der Waals surface area contributed by atoms with Gasteiger partial charge in [-0.15, -0.1) is 0 Å². The highest BCUT2D eigenvalue weighted by molar-refractivity contribution is 5.34. The van der Waals surface area contributed by atoms with Crippen molar-refractivity contribution >= 4 is 0 Å². The first-order valence-corrected chi connectivity index (χ1v) is 12.6. The summed E-state index contributed by atoms with van der Waals surface area (Å²) in [5.74, 6) is 0. The van der Waals surface area contributed by atoms with Crippen LogP contribution < -0.4 is 0 Å². The number of rotatable bonds is 0. The second kappa shape index (κ2) is 25.0. The topological polar surface area (TPSA) is 76.8 Å². The van der Waals surface area contributed by atoms with Gasteiger partial charge in [0.15, 0.2) is 0 Å². The van der Waals surface area contributed by atoms with Gasteiger partial charge in [0.2, 0.25) is 0 Å². The van der Waals surface area contributed by atoms with E-state index < -0.39 is 0 Å². The molecule has 6 rings (SSSR count). The van der Waals surface area contributed by atoms with Gasteiger partial charge in [0.25, 0.3) is 0 Å². The molecular weight excluding hydrogens is 414 g/mol. The molecule has 0 radical (unpaired) electrons. The number of nitrogens with zero attached hydrogens (tertiary/aromatic N) is 5. The lowest BCUT2D eigenvalue weighted by atomic mass is 9.89. The van der Waals surface area contributed by atoms with Crippen molar-refractivity contribution in [2.45, 2.75) is 66.4 Å². The van der Waals surface area contributed by atoms with E-state index in [1.165, 1.54) is 58.9 Å². The molecule has 4 fully saturated rings. The fourth-order valence-electron chi connectivity index (χ4n) is 1.95. The lowest BCUT2D eigenvalue weighted by Gasteiger charge is -2.24. The number of likely N-dealkylation sites (tertiary alicyclic amines) is 1. The van der Waals surface area contributed by atoms with Gasteiger partial charge in [-0.3, -0.25) is 0 Å². The monoisotopic (exact) mass is 465 g/mol. The second-order valence-electron chi connectivity index (χ2n) is 7.63. The first-order valence-electron chi connectivity index (χ1n) is 12.6. The van der Waals surface area contributed by atoms with Gasteiger partial charge in [-0.05, 0) is 76.4 Å². The molecule has 0 aromatic heterocycles. The molecule has 4 saturated heterocycles. The Morgan fingerprint density at radius 2 is 1.15 bits per heavy atom. The average molecular weight is 466 g/mol. The number of benzene rings is 1. The van der Waals surface area contributed by atoms with E-state index in [0.717, 1.165) is 19.8 Å². The first kappa shape index (κ1) is 33.5. The van der Waals surface area contributed by atoms with E-state index in [2.05, 4.69) is 65.1 Å². The molecule has 7 nitrogen and oxygen atoms in total. The van der Waals surface area contributed by atoms with Crippen LogP contribution in [0.5, 0.6) is 0 Å². The number of ether oxygens (including phenoxy) is 2. The highest BCUT2D eigenvalue weighted by atomic mass is 16.6. The maximum atomic E-state index is 7.33. The largest absolute Gasteiger partial charge is 0.381 e. The molecule has 0 N–H and O–H groups in total. The lowest BCUT2D eigenvalue weighted by Crippen LogP contribution is -2.32. The van der Waals surface area contributed by atoms with Crippen LogP contribution in [-0.4, -0.2) is 83.0 Å². The van der Waals surface area contributed by atoms with Crippen molar-refractivity contribution < 1.29 is 9.47 Å². The molecule has 7 heteroatoms. The molecule has 0 saturated carbocycles. The Hall–Kier alpha value is -1.63. The van der Waals surface area contributed by atoms with Crippen LogP contribution in [0.2, 0.25) is 0 Å². The molecule has 0 amide bonds. The zero-order valence-electron chi connectivity index (χ0n) is 22.7. The molecule has 192 valence electrons. The summed E-state index contributed by atoms with van der Waals surface area (Å²) in [6.07, 6.45) is 5.88. The molecule has 1 aliphatic carbocycles. The molecule has 1 aromatic carbocycles. The molecule has 4 aliphatic heterocycles. The third-order valence-electron chi connectivity index (χ3n) is 4.70. The lowest BCUT2D eigenvalue weighted by molar-refractivity contribution is 0.0367. The Bertz CT molecular complexity index is 541. The summed E-state index contributed by atoms with van der Waals surface area (Å²) in [7, 11) is 5.64.